The Morgan fingerprint density at radius 2 is 0.927 bits per heavy atom. The van der Waals surface area contributed by atoms with Gasteiger partial charge in [0.1, 0.15) is 0 Å². The second-order valence-corrected chi connectivity index (χ2v) is 10.5. The predicted octanol–water partition coefficient (Wildman–Crippen LogP) is 12.4. The zero-order valence-corrected chi connectivity index (χ0v) is 28.7. The van der Waals surface area contributed by atoms with E-state index in [2.05, 4.69) is 90.1 Å². The Balaban J connectivity index is 0.00000306. The van der Waals surface area contributed by atoms with E-state index in [9.17, 15) is 5.53 Å². The Bertz CT molecular complexity index is 1060. The summed E-state index contributed by atoms with van der Waals surface area (Å²) in [6.45, 7) is 19.0. The van der Waals surface area contributed by atoms with Gasteiger partial charge in [-0.05, 0) is 86.8 Å². The molecule has 0 aliphatic carbocycles. The Kier molecular flexibility index (Phi) is 22.7. The maximum atomic E-state index is 11.8. The Morgan fingerprint density at radius 3 is 1.34 bits per heavy atom. The molecule has 0 N–H and O–H groups in total. The minimum Gasteiger partial charge on any atom is -0.493 e. The molecule has 230 valence electrons. The summed E-state index contributed by atoms with van der Waals surface area (Å²) in [4.78, 5) is 0. The summed E-state index contributed by atoms with van der Waals surface area (Å²) >= 11 is 0. The van der Waals surface area contributed by atoms with Crippen LogP contribution < -0.4 is 0 Å². The van der Waals surface area contributed by atoms with Crippen LogP contribution in [0.1, 0.15) is 141 Å². The van der Waals surface area contributed by atoms with Crippen LogP contribution in [-0.2, 0) is 33.3 Å². The summed E-state index contributed by atoms with van der Waals surface area (Å²) in [5, 5.41) is 0. The molecule has 2 aromatic rings. The first-order chi connectivity index (χ1) is 19.6. The first kappa shape index (κ1) is 39.2. The van der Waals surface area contributed by atoms with E-state index in [0.717, 1.165) is 61.0 Å². The van der Waals surface area contributed by atoms with Gasteiger partial charge >= 0.3 is 20.4 Å². The van der Waals surface area contributed by atoms with Gasteiger partial charge in [-0.2, -0.15) is 13.8 Å². The van der Waals surface area contributed by atoms with Gasteiger partial charge in [0.15, 0.2) is 0 Å². The minimum atomic E-state index is 0. The van der Waals surface area contributed by atoms with E-state index in [1.165, 1.54) is 73.6 Å². The average Bonchev–Trinajstić information content (AvgIpc) is 3.28. The monoisotopic (exact) mass is 648 g/mol. The first-order valence-electron chi connectivity index (χ1n) is 16.2. The van der Waals surface area contributed by atoms with E-state index >= 15 is 0 Å². The van der Waals surface area contributed by atoms with E-state index in [4.69, 9.17) is 0 Å². The second-order valence-electron chi connectivity index (χ2n) is 10.5. The number of aryl methyl sites for hydroxylation is 2. The molecule has 0 atom stereocenters. The maximum Gasteiger partial charge on any atom is 2.00 e. The molecular formula is C38H58N2Pd. The summed E-state index contributed by atoms with van der Waals surface area (Å²) in [5.41, 5.74) is 21.6. The second kappa shape index (κ2) is 23.7. The van der Waals surface area contributed by atoms with Crippen molar-refractivity contribution < 1.29 is 25.1 Å². The van der Waals surface area contributed by atoms with Crippen molar-refractivity contribution in [3.05, 3.63) is 101 Å². The first-order valence-corrected chi connectivity index (χ1v) is 16.2. The van der Waals surface area contributed by atoms with Gasteiger partial charge in [0.05, 0.1) is 0 Å². The van der Waals surface area contributed by atoms with E-state index in [0.29, 0.717) is 0 Å². The Morgan fingerprint density at radius 1 is 0.537 bits per heavy atom. The van der Waals surface area contributed by atoms with E-state index in [1.54, 1.807) is 18.5 Å². The molecule has 41 heavy (non-hydrogen) atoms. The molecular weight excluding hydrogens is 591 g/mol. The molecule has 0 saturated heterocycles. The van der Waals surface area contributed by atoms with Gasteiger partial charge in [0.2, 0.25) is 11.4 Å². The fourth-order valence-corrected chi connectivity index (χ4v) is 5.38. The molecule has 0 spiro atoms. The number of hydrogen-bond donors (Lipinski definition) is 0. The van der Waals surface area contributed by atoms with Crippen LogP contribution in [0.25, 0.3) is 16.9 Å². The molecule has 1 heterocycles. The number of unbranched alkanes of at least 4 members (excludes halogenated alkanes) is 6. The molecule has 0 amide bonds. The van der Waals surface area contributed by atoms with Crippen molar-refractivity contribution in [1.29, 1.82) is 0 Å². The molecule has 2 nitrogen and oxygen atoms in total. The van der Waals surface area contributed by atoms with Crippen LogP contribution in [0.5, 0.6) is 0 Å². The van der Waals surface area contributed by atoms with Crippen molar-refractivity contribution >= 4 is 11.4 Å². The fraction of sp³-hybridized carbons (Fsp3) is 0.526. The van der Waals surface area contributed by atoms with Crippen LogP contribution in [0, 0.1) is 13.8 Å². The number of nitrogens with zero attached hydrogens (tertiary/aromatic N) is 2. The molecule has 0 unspecified atom stereocenters. The van der Waals surface area contributed by atoms with Gasteiger partial charge in [-0.25, -0.2) is 4.70 Å². The molecule has 2 aromatic carbocycles. The molecule has 1 aliphatic rings. The topological polar surface area (TPSA) is 25.3 Å². The average molecular weight is 649 g/mol. The normalized spacial score (nSPS) is 12.4. The molecule has 0 bridgehead atoms. The van der Waals surface area contributed by atoms with Gasteiger partial charge < -0.3 is 19.4 Å². The molecule has 0 aromatic heterocycles. The number of rotatable bonds is 16. The Hall–Kier alpha value is -1.82. The van der Waals surface area contributed by atoms with Gasteiger partial charge in [-0.1, -0.05) is 90.5 Å². The zero-order valence-electron chi connectivity index (χ0n) is 27.1. The fourth-order valence-electron chi connectivity index (χ4n) is 5.38. The van der Waals surface area contributed by atoms with Crippen molar-refractivity contribution in [2.75, 3.05) is 0 Å². The predicted molar refractivity (Wildman–Crippen MR) is 178 cm³/mol. The van der Waals surface area contributed by atoms with Crippen molar-refractivity contribution in [1.82, 2.24) is 0 Å². The number of hydrogen-bond acceptors (Lipinski definition) is 0. The molecule has 3 rings (SSSR count). The van der Waals surface area contributed by atoms with E-state index in [-0.39, 0.29) is 20.4 Å². The third-order valence-corrected chi connectivity index (χ3v) is 7.46. The summed E-state index contributed by atoms with van der Waals surface area (Å²) in [6, 6.07) is 17.8. The largest absolute Gasteiger partial charge is 2.00 e. The maximum absolute atomic E-state index is 11.8. The third kappa shape index (κ3) is 12.1. The molecule has 3 heteroatoms. The zero-order chi connectivity index (χ0) is 29.8. The Labute approximate surface area is 268 Å². The van der Waals surface area contributed by atoms with Crippen LogP contribution in [0.2, 0.25) is 0 Å². The van der Waals surface area contributed by atoms with Crippen molar-refractivity contribution in [3.8, 4) is 0 Å². The quantitative estimate of drug-likeness (QED) is 0.0749. The molecule has 0 saturated carbocycles. The number of allylic oxidation sites excluding steroid dienone is 2. The molecule has 0 fully saturated rings. The minimum absolute atomic E-state index is 0. The third-order valence-electron chi connectivity index (χ3n) is 7.46. The van der Waals surface area contributed by atoms with Crippen molar-refractivity contribution in [2.45, 2.75) is 131 Å². The van der Waals surface area contributed by atoms with Crippen LogP contribution in [0.3, 0.4) is 0 Å². The summed E-state index contributed by atoms with van der Waals surface area (Å²) in [5.74, 6) is 0. The number of benzene rings is 2. The van der Waals surface area contributed by atoms with Gasteiger partial charge in [-0.3, -0.25) is 0 Å². The van der Waals surface area contributed by atoms with Crippen LogP contribution >= 0.6 is 0 Å². The van der Waals surface area contributed by atoms with E-state index in [1.807, 2.05) is 0 Å². The van der Waals surface area contributed by atoms with Crippen LogP contribution in [0.4, 0.5) is 0 Å². The smallest absolute Gasteiger partial charge is 0.493 e. The summed E-state index contributed by atoms with van der Waals surface area (Å²) in [6.07, 6.45) is 16.3. The molecule has 1 aliphatic heterocycles. The standard InChI is InChI=1S/C34H48N2.2C2H5.Pd/c1-5-9-13-14-24-32-31(23-12-8-4)33(29-21-15-19-27(25-29)17-10-6-2)36(35)34(32)30-22-16-20-28(26-30)18-11-7-3;2*1-2;/h15-16,19-22,25-26H,5-14,17-18,23-24H2,1-4H3;2*1H2,2H3;/q;2*-1;+2. The summed E-state index contributed by atoms with van der Waals surface area (Å²) < 4.78 is 1.55. The van der Waals surface area contributed by atoms with Gasteiger partial charge in [0.25, 0.3) is 0 Å². The van der Waals surface area contributed by atoms with Crippen molar-refractivity contribution in [3.63, 3.8) is 0 Å². The molecule has 0 radical (unpaired) electrons. The van der Waals surface area contributed by atoms with Gasteiger partial charge in [0, 0.05) is 22.3 Å². The van der Waals surface area contributed by atoms with E-state index < -0.39 is 0 Å². The SMILES string of the molecule is CCCCCCC1=C(c2cccc(CCCC)c2)[N+](=[N-])C(c2cccc(CCCC)c2)=C1CCCC.[CH2-]C.[CH2-]C.[Pd+2]. The van der Waals surface area contributed by atoms with Crippen LogP contribution in [0.15, 0.2) is 59.7 Å². The van der Waals surface area contributed by atoms with Crippen molar-refractivity contribution in [2.24, 2.45) is 0 Å². The summed E-state index contributed by atoms with van der Waals surface area (Å²) in [7, 11) is 0. The van der Waals surface area contributed by atoms with Gasteiger partial charge in [-0.15, -0.1) is 0 Å². The van der Waals surface area contributed by atoms with Crippen LogP contribution in [-0.4, -0.2) is 4.70 Å².